The van der Waals surface area contributed by atoms with Gasteiger partial charge in [-0.1, -0.05) is 4.89 Å². The van der Waals surface area contributed by atoms with E-state index in [4.69, 9.17) is 10.3 Å². The highest BCUT2D eigenvalue weighted by atomic mass is 32.2. The number of hydrogen-bond donors (Lipinski definition) is 3. The molecule has 0 aliphatic heterocycles. The smallest absolute Gasteiger partial charge is 0.339 e. The lowest BCUT2D eigenvalue weighted by Gasteiger charge is -1.93. The zero-order chi connectivity index (χ0) is 10.1. The van der Waals surface area contributed by atoms with Crippen LogP contribution < -0.4 is 4.89 Å². The van der Waals surface area contributed by atoms with Crippen LogP contribution in [0.3, 0.4) is 0 Å². The monoisotopic (exact) mass is 207 g/mol. The van der Waals surface area contributed by atoms with Gasteiger partial charge in [0.05, 0.1) is 5.56 Å². The minimum absolute atomic E-state index is 0.311. The second-order valence-electron chi connectivity index (χ2n) is 2.05. The molecule has 7 nitrogen and oxygen atoms in total. The summed E-state index contributed by atoms with van der Waals surface area (Å²) in [5.41, 5.74) is -0.311. The molecule has 3 N–H and O–H groups in total. The molecule has 13 heavy (non-hydrogen) atoms. The van der Waals surface area contributed by atoms with Crippen molar-refractivity contribution in [2.75, 3.05) is 0 Å². The number of carbonyl (C=O) groups is 1. The quantitative estimate of drug-likeness (QED) is 0.583. The van der Waals surface area contributed by atoms with E-state index < -0.39 is 21.1 Å². The van der Waals surface area contributed by atoms with Crippen LogP contribution in [-0.2, 0) is 10.0 Å². The average molecular weight is 207 g/mol. The maximum absolute atomic E-state index is 10.8. The van der Waals surface area contributed by atoms with E-state index in [1.807, 2.05) is 0 Å². The SMILES string of the molecule is O=C(O)c1coc(S(=O)(=O)NO)c1. The molecule has 1 aromatic heterocycles. The van der Waals surface area contributed by atoms with Crippen LogP contribution in [0, 0.1) is 0 Å². The lowest BCUT2D eigenvalue weighted by molar-refractivity contribution is 0.0696. The molecule has 0 saturated carbocycles. The van der Waals surface area contributed by atoms with Crippen molar-refractivity contribution in [2.45, 2.75) is 5.09 Å². The Morgan fingerprint density at radius 3 is 2.54 bits per heavy atom. The third kappa shape index (κ3) is 1.86. The van der Waals surface area contributed by atoms with E-state index in [0.29, 0.717) is 0 Å². The Morgan fingerprint density at radius 1 is 1.54 bits per heavy atom. The van der Waals surface area contributed by atoms with Crippen molar-refractivity contribution in [1.29, 1.82) is 0 Å². The second-order valence-corrected chi connectivity index (χ2v) is 3.65. The van der Waals surface area contributed by atoms with Crippen molar-refractivity contribution < 1.29 is 27.9 Å². The van der Waals surface area contributed by atoms with Gasteiger partial charge in [0.2, 0.25) is 5.09 Å². The van der Waals surface area contributed by atoms with Crippen LogP contribution in [-0.4, -0.2) is 24.7 Å². The Labute approximate surface area is 72.6 Å². The van der Waals surface area contributed by atoms with Gasteiger partial charge >= 0.3 is 5.97 Å². The van der Waals surface area contributed by atoms with Crippen LogP contribution in [0.25, 0.3) is 0 Å². The number of aromatic carboxylic acids is 1. The summed E-state index contributed by atoms with van der Waals surface area (Å²) in [5.74, 6) is -1.32. The molecule has 0 spiro atoms. The fraction of sp³-hybridized carbons (Fsp3) is 0. The van der Waals surface area contributed by atoms with Crippen molar-refractivity contribution in [2.24, 2.45) is 0 Å². The molecule has 0 atom stereocenters. The summed E-state index contributed by atoms with van der Waals surface area (Å²) < 4.78 is 26.0. The van der Waals surface area contributed by atoms with Crippen LogP contribution in [0.2, 0.25) is 0 Å². The van der Waals surface area contributed by atoms with E-state index in [-0.39, 0.29) is 5.56 Å². The van der Waals surface area contributed by atoms with Gasteiger partial charge in [-0.25, -0.2) is 13.2 Å². The molecule has 0 unspecified atom stereocenters. The third-order valence-corrected chi connectivity index (χ3v) is 2.19. The van der Waals surface area contributed by atoms with Gasteiger partial charge in [-0.05, 0) is 0 Å². The number of furan rings is 1. The minimum atomic E-state index is -4.14. The third-order valence-electron chi connectivity index (χ3n) is 1.21. The van der Waals surface area contributed by atoms with Gasteiger partial charge in [0.1, 0.15) is 6.26 Å². The standard InChI is InChI=1S/C5H5NO6S/c7-5(8)3-1-4(12-2-3)13(10,11)6-9/h1-2,6,9H,(H,7,8). The predicted molar refractivity (Wildman–Crippen MR) is 37.8 cm³/mol. The molecule has 0 fully saturated rings. The van der Waals surface area contributed by atoms with Crippen LogP contribution in [0.4, 0.5) is 0 Å². The molecule has 0 bridgehead atoms. The molecule has 8 heteroatoms. The first-order chi connectivity index (χ1) is 5.97. The maximum Gasteiger partial charge on any atom is 0.339 e. The van der Waals surface area contributed by atoms with Crippen molar-refractivity contribution in [3.05, 3.63) is 17.9 Å². The van der Waals surface area contributed by atoms with Crippen LogP contribution in [0.5, 0.6) is 0 Å². The van der Waals surface area contributed by atoms with E-state index >= 15 is 0 Å². The van der Waals surface area contributed by atoms with Gasteiger partial charge in [-0.2, -0.15) is 0 Å². The minimum Gasteiger partial charge on any atom is -0.478 e. The second kappa shape index (κ2) is 3.17. The highest BCUT2D eigenvalue weighted by Crippen LogP contribution is 2.12. The van der Waals surface area contributed by atoms with E-state index in [1.54, 1.807) is 0 Å². The first kappa shape index (κ1) is 9.71. The van der Waals surface area contributed by atoms with Gasteiger partial charge < -0.3 is 14.7 Å². The number of sulfonamides is 1. The summed E-state index contributed by atoms with van der Waals surface area (Å²) in [6.45, 7) is 0. The Hall–Kier alpha value is -1.38. The molecular formula is C5H5NO6S. The summed E-state index contributed by atoms with van der Waals surface area (Å²) in [6, 6.07) is 0.779. The van der Waals surface area contributed by atoms with Gasteiger partial charge in [-0.3, -0.25) is 0 Å². The molecule has 1 rings (SSSR count). The number of carboxylic acids is 1. The van der Waals surface area contributed by atoms with E-state index in [0.717, 1.165) is 17.2 Å². The summed E-state index contributed by atoms with van der Waals surface area (Å²) >= 11 is 0. The van der Waals surface area contributed by atoms with Crippen LogP contribution in [0.1, 0.15) is 10.4 Å². The van der Waals surface area contributed by atoms with Crippen molar-refractivity contribution in [3.8, 4) is 0 Å². The van der Waals surface area contributed by atoms with Crippen molar-refractivity contribution >= 4 is 16.0 Å². The summed E-state index contributed by atoms with van der Waals surface area (Å²) in [5, 5.41) is 15.9. The molecule has 0 saturated heterocycles. The number of carboxylic acid groups (broad SMARTS) is 1. The Morgan fingerprint density at radius 2 is 2.15 bits per heavy atom. The molecule has 1 aromatic rings. The molecular weight excluding hydrogens is 202 g/mol. The number of hydrogen-bond acceptors (Lipinski definition) is 5. The number of rotatable bonds is 3. The Balaban J connectivity index is 3.13. The topological polar surface area (TPSA) is 117 Å². The average Bonchev–Trinajstić information content (AvgIpc) is 2.52. The summed E-state index contributed by atoms with van der Waals surface area (Å²) in [4.78, 5) is 11.3. The molecule has 1 heterocycles. The Kier molecular flexibility index (Phi) is 2.36. The highest BCUT2D eigenvalue weighted by molar-refractivity contribution is 7.89. The van der Waals surface area contributed by atoms with Crippen LogP contribution in [0.15, 0.2) is 21.8 Å². The van der Waals surface area contributed by atoms with Crippen molar-refractivity contribution in [1.82, 2.24) is 4.89 Å². The van der Waals surface area contributed by atoms with Gasteiger partial charge in [0, 0.05) is 6.07 Å². The number of nitrogens with one attached hydrogen (secondary N) is 1. The summed E-state index contributed by atoms with van der Waals surface area (Å²) in [7, 11) is -4.14. The van der Waals surface area contributed by atoms with Crippen molar-refractivity contribution in [3.63, 3.8) is 0 Å². The highest BCUT2D eigenvalue weighted by Gasteiger charge is 2.19. The van der Waals surface area contributed by atoms with Crippen LogP contribution >= 0.6 is 0 Å². The summed E-state index contributed by atoms with van der Waals surface area (Å²) in [6.07, 6.45) is 0.757. The van der Waals surface area contributed by atoms with E-state index in [9.17, 15) is 13.2 Å². The molecule has 72 valence electrons. The van der Waals surface area contributed by atoms with E-state index in [1.165, 1.54) is 0 Å². The van der Waals surface area contributed by atoms with Gasteiger partial charge in [0.15, 0.2) is 0 Å². The molecule has 0 aromatic carbocycles. The first-order valence-corrected chi connectivity index (χ1v) is 4.43. The Bertz CT molecular complexity index is 418. The first-order valence-electron chi connectivity index (χ1n) is 2.95. The zero-order valence-corrected chi connectivity index (χ0v) is 6.91. The van der Waals surface area contributed by atoms with Gasteiger partial charge in [-0.15, -0.1) is 0 Å². The predicted octanol–water partition coefficient (Wildman–Crippen LogP) is -0.355. The molecule has 0 aliphatic carbocycles. The van der Waals surface area contributed by atoms with E-state index in [2.05, 4.69) is 4.42 Å². The fourth-order valence-corrected chi connectivity index (χ4v) is 1.16. The fourth-order valence-electron chi connectivity index (χ4n) is 0.615. The lowest BCUT2D eigenvalue weighted by Crippen LogP contribution is -2.18. The largest absolute Gasteiger partial charge is 0.478 e. The normalized spacial score (nSPS) is 11.5. The van der Waals surface area contributed by atoms with Gasteiger partial charge in [0.25, 0.3) is 10.0 Å². The lowest BCUT2D eigenvalue weighted by atomic mass is 10.4. The molecule has 0 aliphatic rings. The molecule has 0 amide bonds. The molecule has 0 radical (unpaired) electrons. The maximum atomic E-state index is 10.8. The zero-order valence-electron chi connectivity index (χ0n) is 6.09.